The molecule has 0 bridgehead atoms. The lowest BCUT2D eigenvalue weighted by Gasteiger charge is -2.45. The predicted molar refractivity (Wildman–Crippen MR) is 103 cm³/mol. The van der Waals surface area contributed by atoms with Gasteiger partial charge in [0.25, 0.3) is 5.91 Å². The Kier molecular flexibility index (Phi) is 5.05. The average Bonchev–Trinajstić information content (AvgIpc) is 2.91. The van der Waals surface area contributed by atoms with Crippen LogP contribution >= 0.6 is 27.5 Å². The van der Waals surface area contributed by atoms with Crippen LogP contribution in [0.5, 0.6) is 0 Å². The number of hydrogen-bond acceptors (Lipinski definition) is 3. The van der Waals surface area contributed by atoms with E-state index in [1.54, 1.807) is 11.8 Å². The summed E-state index contributed by atoms with van der Waals surface area (Å²) in [5.74, 6) is -0.822. The number of aromatic nitrogens is 2. The number of piperazine rings is 1. The molecule has 4 rings (SSSR count). The van der Waals surface area contributed by atoms with E-state index < -0.39 is 23.3 Å². The molecule has 1 aliphatic heterocycles. The third-order valence-electron chi connectivity index (χ3n) is 5.53. The molecule has 1 saturated carbocycles. The Labute approximate surface area is 177 Å². The van der Waals surface area contributed by atoms with Crippen molar-refractivity contribution in [2.24, 2.45) is 0 Å². The van der Waals surface area contributed by atoms with Gasteiger partial charge >= 0.3 is 6.18 Å². The zero-order valence-corrected chi connectivity index (χ0v) is 17.7. The van der Waals surface area contributed by atoms with E-state index in [0.29, 0.717) is 6.54 Å². The summed E-state index contributed by atoms with van der Waals surface area (Å²) in [6.07, 6.45) is -0.351. The van der Waals surface area contributed by atoms with Crippen LogP contribution in [0.25, 0.3) is 5.65 Å². The maximum Gasteiger partial charge on any atom is 0.420 e. The minimum atomic E-state index is -4.67. The number of amides is 2. The number of carbonyl (C=O) groups excluding carboxylic acids is 2. The van der Waals surface area contributed by atoms with Crippen LogP contribution in [0.2, 0.25) is 5.15 Å². The summed E-state index contributed by atoms with van der Waals surface area (Å²) in [5.41, 5.74) is -1.76. The van der Waals surface area contributed by atoms with E-state index in [2.05, 4.69) is 20.9 Å². The molecule has 2 aromatic rings. The van der Waals surface area contributed by atoms with Gasteiger partial charge in [-0.05, 0) is 48.2 Å². The maximum absolute atomic E-state index is 13.4. The van der Waals surface area contributed by atoms with Gasteiger partial charge in [0.1, 0.15) is 11.7 Å². The number of carbonyl (C=O) groups is 2. The van der Waals surface area contributed by atoms with Gasteiger partial charge in [-0.2, -0.15) is 13.2 Å². The molecule has 3 heterocycles. The van der Waals surface area contributed by atoms with Gasteiger partial charge in [0.15, 0.2) is 11.3 Å². The Bertz CT molecular complexity index is 1010. The highest BCUT2D eigenvalue weighted by atomic mass is 79.9. The van der Waals surface area contributed by atoms with E-state index in [0.717, 1.165) is 29.7 Å². The molecule has 2 fully saturated rings. The molecule has 29 heavy (non-hydrogen) atoms. The number of imidazole rings is 1. The highest BCUT2D eigenvalue weighted by Crippen LogP contribution is 2.36. The van der Waals surface area contributed by atoms with E-state index in [1.165, 1.54) is 11.1 Å². The number of alkyl halides is 3. The zero-order chi connectivity index (χ0) is 21.1. The molecule has 156 valence electrons. The van der Waals surface area contributed by atoms with Gasteiger partial charge in [-0.1, -0.05) is 11.6 Å². The third-order valence-corrected chi connectivity index (χ3v) is 6.33. The van der Waals surface area contributed by atoms with Crippen molar-refractivity contribution in [3.63, 3.8) is 0 Å². The van der Waals surface area contributed by atoms with Gasteiger partial charge in [-0.25, -0.2) is 4.98 Å². The molecule has 1 saturated heterocycles. The SMILES string of the molecule is CC1CN(C2CCC2)C(=O)CN1C(=O)c1nc2c(C(F)(F)F)cc(Br)cn2c1Cl. The minimum absolute atomic E-state index is 0.142. The first-order chi connectivity index (χ1) is 13.6. The maximum atomic E-state index is 13.4. The van der Waals surface area contributed by atoms with Crippen molar-refractivity contribution < 1.29 is 22.8 Å². The topological polar surface area (TPSA) is 57.9 Å². The smallest absolute Gasteiger partial charge is 0.336 e. The van der Waals surface area contributed by atoms with E-state index in [4.69, 9.17) is 11.6 Å². The molecule has 2 amide bonds. The molecule has 6 nitrogen and oxygen atoms in total. The fraction of sp³-hybridized carbons (Fsp3) is 0.500. The molecule has 11 heteroatoms. The van der Waals surface area contributed by atoms with Gasteiger partial charge in [0, 0.05) is 29.3 Å². The summed E-state index contributed by atoms with van der Waals surface area (Å²) in [7, 11) is 0. The lowest BCUT2D eigenvalue weighted by molar-refractivity contribution is -0.141. The first kappa shape index (κ1) is 20.5. The molecule has 2 aliphatic rings. The number of fused-ring (bicyclic) bond motifs is 1. The molecule has 0 radical (unpaired) electrons. The van der Waals surface area contributed by atoms with Gasteiger partial charge < -0.3 is 9.80 Å². The second kappa shape index (κ2) is 7.16. The van der Waals surface area contributed by atoms with E-state index in [-0.39, 0.29) is 39.9 Å². The quantitative estimate of drug-likeness (QED) is 0.636. The number of halogens is 5. The van der Waals surface area contributed by atoms with Crippen molar-refractivity contribution in [3.05, 3.63) is 33.1 Å². The molecule has 0 N–H and O–H groups in total. The molecule has 2 aromatic heterocycles. The minimum Gasteiger partial charge on any atom is -0.336 e. The lowest BCUT2D eigenvalue weighted by atomic mass is 9.90. The first-order valence-corrected chi connectivity index (χ1v) is 10.3. The number of nitrogens with zero attached hydrogens (tertiary/aromatic N) is 4. The monoisotopic (exact) mass is 492 g/mol. The number of rotatable bonds is 2. The Morgan fingerprint density at radius 3 is 2.62 bits per heavy atom. The van der Waals surface area contributed by atoms with E-state index in [9.17, 15) is 22.8 Å². The number of hydrogen-bond donors (Lipinski definition) is 0. The summed E-state index contributed by atoms with van der Waals surface area (Å²) in [6.45, 7) is 2.05. The van der Waals surface area contributed by atoms with Crippen molar-refractivity contribution in [2.45, 2.75) is 44.4 Å². The van der Waals surface area contributed by atoms with Gasteiger partial charge in [-0.3, -0.25) is 14.0 Å². The third kappa shape index (κ3) is 3.50. The summed E-state index contributed by atoms with van der Waals surface area (Å²) < 4.78 is 41.4. The van der Waals surface area contributed by atoms with Gasteiger partial charge in [-0.15, -0.1) is 0 Å². The fourth-order valence-electron chi connectivity index (χ4n) is 3.76. The van der Waals surface area contributed by atoms with Crippen LogP contribution in [0.3, 0.4) is 0 Å². The molecule has 0 spiro atoms. The Balaban J connectivity index is 1.69. The van der Waals surface area contributed by atoms with Crippen LogP contribution in [0.15, 0.2) is 16.7 Å². The molecular formula is C18H17BrClF3N4O2. The standard InChI is InChI=1S/C18H17BrClF3N4O2/c1-9-6-26(11-3-2-4-11)13(28)8-25(9)17(29)14-15(20)27-7-10(19)5-12(16(27)24-14)18(21,22)23/h5,7,9,11H,2-4,6,8H2,1H3. The van der Waals surface area contributed by atoms with Crippen LogP contribution in [0.1, 0.15) is 42.2 Å². The van der Waals surface area contributed by atoms with E-state index in [1.807, 2.05) is 0 Å². The summed E-state index contributed by atoms with van der Waals surface area (Å²) >= 11 is 9.26. The van der Waals surface area contributed by atoms with Gasteiger partial charge in [0.2, 0.25) is 5.91 Å². The molecular weight excluding hydrogens is 477 g/mol. The summed E-state index contributed by atoms with van der Waals surface area (Å²) in [5, 5.41) is -0.224. The van der Waals surface area contributed by atoms with Crippen molar-refractivity contribution in [2.75, 3.05) is 13.1 Å². The predicted octanol–water partition coefficient (Wildman–Crippen LogP) is 3.99. The highest BCUT2D eigenvalue weighted by molar-refractivity contribution is 9.10. The van der Waals surface area contributed by atoms with E-state index >= 15 is 0 Å². The van der Waals surface area contributed by atoms with Crippen molar-refractivity contribution >= 4 is 45.0 Å². The second-order valence-corrected chi connectivity index (χ2v) is 8.70. The fourth-order valence-corrected chi connectivity index (χ4v) is 4.45. The summed E-state index contributed by atoms with van der Waals surface area (Å²) in [6, 6.07) is 0.805. The van der Waals surface area contributed by atoms with Gasteiger partial charge in [0.05, 0.1) is 5.56 Å². The van der Waals surface area contributed by atoms with Crippen LogP contribution in [-0.2, 0) is 11.0 Å². The average molecular weight is 494 g/mol. The Morgan fingerprint density at radius 2 is 2.03 bits per heavy atom. The lowest BCUT2D eigenvalue weighted by Crippen LogP contribution is -2.60. The second-order valence-electron chi connectivity index (χ2n) is 7.43. The van der Waals surface area contributed by atoms with Crippen LogP contribution in [0.4, 0.5) is 13.2 Å². The van der Waals surface area contributed by atoms with Crippen LogP contribution < -0.4 is 0 Å². The Hall–Kier alpha value is -1.81. The normalized spacial score (nSPS) is 21.0. The largest absolute Gasteiger partial charge is 0.420 e. The molecule has 1 atom stereocenters. The van der Waals surface area contributed by atoms with Crippen molar-refractivity contribution in [1.29, 1.82) is 0 Å². The van der Waals surface area contributed by atoms with Crippen molar-refractivity contribution in [3.8, 4) is 0 Å². The summed E-state index contributed by atoms with van der Waals surface area (Å²) in [4.78, 5) is 32.6. The molecule has 1 unspecified atom stereocenters. The van der Waals surface area contributed by atoms with Crippen LogP contribution in [0, 0.1) is 0 Å². The molecule has 0 aromatic carbocycles. The first-order valence-electron chi connectivity index (χ1n) is 9.12. The highest BCUT2D eigenvalue weighted by Gasteiger charge is 2.40. The van der Waals surface area contributed by atoms with Crippen LogP contribution in [-0.4, -0.2) is 56.2 Å². The number of pyridine rings is 1. The molecule has 1 aliphatic carbocycles. The zero-order valence-electron chi connectivity index (χ0n) is 15.3. The Morgan fingerprint density at radius 1 is 1.34 bits per heavy atom. The van der Waals surface area contributed by atoms with Crippen molar-refractivity contribution in [1.82, 2.24) is 19.2 Å².